The molecule has 1 aromatic rings. The van der Waals surface area contributed by atoms with Crippen molar-refractivity contribution in [2.24, 2.45) is 5.41 Å². The number of nitrogens with two attached hydrogens (primary N) is 1. The van der Waals surface area contributed by atoms with Crippen LogP contribution in [0.25, 0.3) is 0 Å². The zero-order valence-electron chi connectivity index (χ0n) is 11.9. The molecule has 1 fully saturated rings. The van der Waals surface area contributed by atoms with Crippen molar-refractivity contribution in [1.29, 1.82) is 0 Å². The zero-order valence-corrected chi connectivity index (χ0v) is 11.9. The van der Waals surface area contributed by atoms with Crippen molar-refractivity contribution in [1.82, 2.24) is 4.90 Å². The van der Waals surface area contributed by atoms with Gasteiger partial charge in [-0.2, -0.15) is 0 Å². The summed E-state index contributed by atoms with van der Waals surface area (Å²) >= 11 is 0. The standard InChI is InChI=1S/C15H20F2N2O/c1-3-15(4-2)5-6-19(9-15)14(20)10-7-11(16)13(18)12(17)8-10/h7-8H,3-6,9,18H2,1-2H3. The number of amides is 1. The van der Waals surface area contributed by atoms with Gasteiger partial charge in [0.05, 0.1) is 0 Å². The minimum absolute atomic E-state index is 0.0252. The fourth-order valence-electron chi connectivity index (χ4n) is 2.83. The van der Waals surface area contributed by atoms with Gasteiger partial charge in [-0.3, -0.25) is 4.79 Å². The van der Waals surface area contributed by atoms with Crippen LogP contribution < -0.4 is 5.73 Å². The summed E-state index contributed by atoms with van der Waals surface area (Å²) < 4.78 is 26.9. The van der Waals surface area contributed by atoms with Crippen LogP contribution in [0.4, 0.5) is 14.5 Å². The minimum Gasteiger partial charge on any atom is -0.394 e. The molecule has 2 N–H and O–H groups in total. The Morgan fingerprint density at radius 1 is 1.30 bits per heavy atom. The lowest BCUT2D eigenvalue weighted by Gasteiger charge is -2.26. The van der Waals surface area contributed by atoms with Crippen molar-refractivity contribution in [3.8, 4) is 0 Å². The van der Waals surface area contributed by atoms with Crippen LogP contribution in [0.2, 0.25) is 0 Å². The summed E-state index contributed by atoms with van der Waals surface area (Å²) in [6.07, 6.45) is 2.93. The number of carbonyl (C=O) groups is 1. The van der Waals surface area contributed by atoms with Gasteiger partial charge in [0.2, 0.25) is 0 Å². The molecule has 0 radical (unpaired) electrons. The van der Waals surface area contributed by atoms with E-state index < -0.39 is 17.3 Å². The van der Waals surface area contributed by atoms with Gasteiger partial charge in [-0.05, 0) is 36.8 Å². The average Bonchev–Trinajstić information content (AvgIpc) is 2.88. The van der Waals surface area contributed by atoms with Gasteiger partial charge in [-0.1, -0.05) is 13.8 Å². The van der Waals surface area contributed by atoms with Crippen molar-refractivity contribution in [3.63, 3.8) is 0 Å². The van der Waals surface area contributed by atoms with E-state index in [1.165, 1.54) is 0 Å². The molecular formula is C15H20F2N2O. The Morgan fingerprint density at radius 3 is 2.30 bits per heavy atom. The number of rotatable bonds is 3. The van der Waals surface area contributed by atoms with Crippen LogP contribution >= 0.6 is 0 Å². The first kappa shape index (κ1) is 14.8. The molecule has 2 rings (SSSR count). The Labute approximate surface area is 117 Å². The molecule has 1 aliphatic heterocycles. The molecule has 1 heterocycles. The van der Waals surface area contributed by atoms with Gasteiger partial charge in [0, 0.05) is 18.7 Å². The fourth-order valence-corrected chi connectivity index (χ4v) is 2.83. The Kier molecular flexibility index (Phi) is 3.97. The summed E-state index contributed by atoms with van der Waals surface area (Å²) in [5.74, 6) is -2.10. The molecule has 0 saturated carbocycles. The van der Waals surface area contributed by atoms with Crippen LogP contribution in [0.3, 0.4) is 0 Å². The second-order valence-corrected chi connectivity index (χ2v) is 5.54. The highest BCUT2D eigenvalue weighted by Gasteiger charge is 2.37. The maximum Gasteiger partial charge on any atom is 0.254 e. The summed E-state index contributed by atoms with van der Waals surface area (Å²) in [6.45, 7) is 5.50. The number of halogens is 2. The normalized spacial score (nSPS) is 17.5. The lowest BCUT2D eigenvalue weighted by atomic mass is 9.82. The number of likely N-dealkylation sites (tertiary alicyclic amines) is 1. The largest absolute Gasteiger partial charge is 0.394 e. The maximum atomic E-state index is 13.4. The molecule has 1 aliphatic rings. The molecule has 110 valence electrons. The lowest BCUT2D eigenvalue weighted by molar-refractivity contribution is 0.0769. The number of hydrogen-bond acceptors (Lipinski definition) is 2. The van der Waals surface area contributed by atoms with Crippen molar-refractivity contribution in [3.05, 3.63) is 29.3 Å². The molecule has 0 aliphatic carbocycles. The Balaban J connectivity index is 2.21. The number of anilines is 1. The smallest absolute Gasteiger partial charge is 0.254 e. The predicted octanol–water partition coefficient (Wildman–Crippen LogP) is 3.20. The Bertz CT molecular complexity index is 504. The van der Waals surface area contributed by atoms with Gasteiger partial charge < -0.3 is 10.6 Å². The van der Waals surface area contributed by atoms with Gasteiger partial charge in [-0.15, -0.1) is 0 Å². The zero-order chi connectivity index (χ0) is 14.9. The highest BCUT2D eigenvalue weighted by atomic mass is 19.1. The number of nitrogen functional groups attached to an aromatic ring is 1. The molecule has 0 unspecified atom stereocenters. The third-order valence-electron chi connectivity index (χ3n) is 4.55. The number of benzene rings is 1. The van der Waals surface area contributed by atoms with Crippen LogP contribution in [0.15, 0.2) is 12.1 Å². The number of carbonyl (C=O) groups excluding carboxylic acids is 1. The van der Waals surface area contributed by atoms with Crippen LogP contribution in [-0.2, 0) is 0 Å². The SMILES string of the molecule is CCC1(CC)CCN(C(=O)c2cc(F)c(N)c(F)c2)C1. The van der Waals surface area contributed by atoms with Gasteiger partial charge in [0.1, 0.15) is 17.3 Å². The third kappa shape index (κ3) is 2.49. The van der Waals surface area contributed by atoms with Gasteiger partial charge in [-0.25, -0.2) is 8.78 Å². The van der Waals surface area contributed by atoms with E-state index in [2.05, 4.69) is 13.8 Å². The van der Waals surface area contributed by atoms with E-state index in [1.807, 2.05) is 0 Å². The highest BCUT2D eigenvalue weighted by Crippen LogP contribution is 2.37. The van der Waals surface area contributed by atoms with E-state index in [4.69, 9.17) is 5.73 Å². The van der Waals surface area contributed by atoms with Crippen LogP contribution in [0, 0.1) is 17.0 Å². The Morgan fingerprint density at radius 2 is 1.85 bits per heavy atom. The molecule has 0 atom stereocenters. The third-order valence-corrected chi connectivity index (χ3v) is 4.55. The quantitative estimate of drug-likeness (QED) is 0.865. The molecule has 5 heteroatoms. The molecule has 0 bridgehead atoms. The van der Waals surface area contributed by atoms with Crippen LogP contribution in [0.5, 0.6) is 0 Å². The van der Waals surface area contributed by atoms with Crippen molar-refractivity contribution >= 4 is 11.6 Å². The first-order valence-electron chi connectivity index (χ1n) is 6.96. The molecule has 20 heavy (non-hydrogen) atoms. The lowest BCUT2D eigenvalue weighted by Crippen LogP contribution is -2.32. The molecular weight excluding hydrogens is 262 g/mol. The van der Waals surface area contributed by atoms with Crippen LogP contribution in [-0.4, -0.2) is 23.9 Å². The topological polar surface area (TPSA) is 46.3 Å². The van der Waals surface area contributed by atoms with E-state index in [1.54, 1.807) is 4.90 Å². The first-order valence-corrected chi connectivity index (χ1v) is 6.96. The summed E-state index contributed by atoms with van der Waals surface area (Å²) in [5.41, 5.74) is 4.84. The van der Waals surface area contributed by atoms with E-state index in [0.717, 1.165) is 31.4 Å². The molecule has 0 aromatic heterocycles. The van der Waals surface area contributed by atoms with E-state index in [0.29, 0.717) is 13.1 Å². The van der Waals surface area contributed by atoms with E-state index in [-0.39, 0.29) is 16.9 Å². The highest BCUT2D eigenvalue weighted by molar-refractivity contribution is 5.94. The fraction of sp³-hybridized carbons (Fsp3) is 0.533. The average molecular weight is 282 g/mol. The summed E-state index contributed by atoms with van der Waals surface area (Å²) in [7, 11) is 0. The molecule has 3 nitrogen and oxygen atoms in total. The van der Waals surface area contributed by atoms with Gasteiger partial charge in [0.25, 0.3) is 5.91 Å². The Hall–Kier alpha value is -1.65. The minimum atomic E-state index is -0.884. The predicted molar refractivity (Wildman–Crippen MR) is 74.3 cm³/mol. The first-order chi connectivity index (χ1) is 9.42. The van der Waals surface area contributed by atoms with Crippen molar-refractivity contribution in [2.45, 2.75) is 33.1 Å². The molecule has 1 aromatic carbocycles. The van der Waals surface area contributed by atoms with Crippen LogP contribution in [0.1, 0.15) is 43.5 Å². The summed E-state index contributed by atoms with van der Waals surface area (Å²) in [5, 5.41) is 0. The van der Waals surface area contributed by atoms with E-state index in [9.17, 15) is 13.6 Å². The monoisotopic (exact) mass is 282 g/mol. The second kappa shape index (κ2) is 5.38. The van der Waals surface area contributed by atoms with Crippen molar-refractivity contribution in [2.75, 3.05) is 18.8 Å². The molecule has 1 amide bonds. The van der Waals surface area contributed by atoms with E-state index >= 15 is 0 Å². The second-order valence-electron chi connectivity index (χ2n) is 5.54. The number of hydrogen-bond donors (Lipinski definition) is 1. The van der Waals surface area contributed by atoms with Crippen molar-refractivity contribution < 1.29 is 13.6 Å². The number of nitrogens with zero attached hydrogens (tertiary/aromatic N) is 1. The summed E-state index contributed by atoms with van der Waals surface area (Å²) in [4.78, 5) is 14.0. The van der Waals surface area contributed by atoms with Gasteiger partial charge in [0.15, 0.2) is 0 Å². The maximum absolute atomic E-state index is 13.4. The van der Waals surface area contributed by atoms with Gasteiger partial charge >= 0.3 is 0 Å². The molecule has 1 saturated heterocycles. The molecule has 0 spiro atoms. The summed E-state index contributed by atoms with van der Waals surface area (Å²) in [6, 6.07) is 2.03.